The van der Waals surface area contributed by atoms with E-state index in [-0.39, 0.29) is 0 Å². The lowest BCUT2D eigenvalue weighted by molar-refractivity contribution is 0.0986. The van der Waals surface area contributed by atoms with E-state index in [1.54, 1.807) is 7.11 Å². The van der Waals surface area contributed by atoms with Gasteiger partial charge in [0.25, 0.3) is 0 Å². The van der Waals surface area contributed by atoms with Crippen LogP contribution in [-0.4, -0.2) is 50.3 Å². The highest BCUT2D eigenvalue weighted by atomic mass is 16.5. The first kappa shape index (κ1) is 16.9. The number of nitrogens with one attached hydrogen (secondary N) is 1. The lowest BCUT2D eigenvalue weighted by Gasteiger charge is -2.35. The fraction of sp³-hybridized carbons (Fsp3) is 1.00. The second-order valence-corrected chi connectivity index (χ2v) is 5.19. The number of ether oxygens (including phenoxy) is 1. The van der Waals surface area contributed by atoms with Crippen molar-refractivity contribution < 1.29 is 4.74 Å². The Morgan fingerprint density at radius 2 is 1.82 bits per heavy atom. The van der Waals surface area contributed by atoms with Crippen LogP contribution in [0.4, 0.5) is 0 Å². The average Bonchev–Trinajstić information content (AvgIpc) is 2.30. The van der Waals surface area contributed by atoms with Gasteiger partial charge >= 0.3 is 0 Å². The Hall–Kier alpha value is -0.120. The van der Waals surface area contributed by atoms with Crippen molar-refractivity contribution in [2.45, 2.75) is 53.1 Å². The molecule has 0 aliphatic carbocycles. The molecule has 0 fully saturated rings. The molecule has 0 saturated heterocycles. The van der Waals surface area contributed by atoms with Crippen LogP contribution in [0.3, 0.4) is 0 Å². The van der Waals surface area contributed by atoms with Crippen LogP contribution in [0.25, 0.3) is 0 Å². The summed E-state index contributed by atoms with van der Waals surface area (Å²) in [5.74, 6) is 0.702. The number of hydrogen-bond acceptors (Lipinski definition) is 3. The molecular formula is C14H32N2O. The van der Waals surface area contributed by atoms with Gasteiger partial charge in [0.05, 0.1) is 6.61 Å². The largest absolute Gasteiger partial charge is 0.383 e. The molecule has 3 heteroatoms. The molecule has 2 unspecified atom stereocenters. The molecule has 0 aliphatic heterocycles. The van der Waals surface area contributed by atoms with Gasteiger partial charge in [-0.25, -0.2) is 0 Å². The predicted octanol–water partition coefficient (Wildman–Crippen LogP) is 2.37. The van der Waals surface area contributed by atoms with Crippen LogP contribution >= 0.6 is 0 Å². The van der Waals surface area contributed by atoms with E-state index in [1.165, 1.54) is 6.42 Å². The number of rotatable bonds is 10. The Morgan fingerprint density at radius 1 is 1.18 bits per heavy atom. The highest BCUT2D eigenvalue weighted by molar-refractivity contribution is 4.80. The van der Waals surface area contributed by atoms with E-state index in [0.29, 0.717) is 18.0 Å². The summed E-state index contributed by atoms with van der Waals surface area (Å²) in [5.41, 5.74) is 0. The Labute approximate surface area is 108 Å². The van der Waals surface area contributed by atoms with Crippen LogP contribution in [0.2, 0.25) is 0 Å². The molecule has 0 aromatic rings. The third-order valence-corrected chi connectivity index (χ3v) is 3.25. The summed E-state index contributed by atoms with van der Waals surface area (Å²) in [6.07, 6.45) is 1.18. The molecule has 0 aromatic heterocycles. The van der Waals surface area contributed by atoms with Crippen molar-refractivity contribution in [3.05, 3.63) is 0 Å². The molecule has 3 nitrogen and oxygen atoms in total. The Bertz CT molecular complexity index is 174. The molecule has 0 radical (unpaired) electrons. The van der Waals surface area contributed by atoms with Gasteiger partial charge in [-0.3, -0.25) is 4.90 Å². The van der Waals surface area contributed by atoms with Crippen molar-refractivity contribution in [2.24, 2.45) is 5.92 Å². The SMILES string of the molecule is CCNC(CC)C(C)N(CCOC)CC(C)C. The van der Waals surface area contributed by atoms with Gasteiger partial charge in [0.2, 0.25) is 0 Å². The average molecular weight is 244 g/mol. The quantitative estimate of drug-likeness (QED) is 0.638. The number of nitrogens with zero attached hydrogens (tertiary/aromatic N) is 1. The highest BCUT2D eigenvalue weighted by Crippen LogP contribution is 2.10. The van der Waals surface area contributed by atoms with Crippen LogP contribution in [0, 0.1) is 5.92 Å². The Kier molecular flexibility index (Phi) is 9.79. The highest BCUT2D eigenvalue weighted by Gasteiger charge is 2.21. The van der Waals surface area contributed by atoms with Gasteiger partial charge in [-0.05, 0) is 25.8 Å². The van der Waals surface area contributed by atoms with Crippen molar-refractivity contribution >= 4 is 0 Å². The molecule has 0 rings (SSSR count). The van der Waals surface area contributed by atoms with E-state index >= 15 is 0 Å². The van der Waals surface area contributed by atoms with Gasteiger partial charge in [0.1, 0.15) is 0 Å². The van der Waals surface area contributed by atoms with E-state index < -0.39 is 0 Å². The van der Waals surface area contributed by atoms with Crippen LogP contribution in [-0.2, 0) is 4.74 Å². The lowest BCUT2D eigenvalue weighted by atomic mass is 10.0. The molecule has 2 atom stereocenters. The summed E-state index contributed by atoms with van der Waals surface area (Å²) >= 11 is 0. The van der Waals surface area contributed by atoms with Crippen LogP contribution < -0.4 is 5.32 Å². The van der Waals surface area contributed by atoms with E-state index in [2.05, 4.69) is 44.8 Å². The summed E-state index contributed by atoms with van der Waals surface area (Å²) in [7, 11) is 1.78. The van der Waals surface area contributed by atoms with Crippen molar-refractivity contribution in [3.8, 4) is 0 Å². The normalized spacial score (nSPS) is 15.5. The maximum absolute atomic E-state index is 5.22. The summed E-state index contributed by atoms with van der Waals surface area (Å²) < 4.78 is 5.22. The second-order valence-electron chi connectivity index (χ2n) is 5.19. The first-order chi connectivity index (χ1) is 8.06. The molecule has 0 spiro atoms. The van der Waals surface area contributed by atoms with Gasteiger partial charge in [-0.2, -0.15) is 0 Å². The minimum Gasteiger partial charge on any atom is -0.383 e. The molecule has 0 heterocycles. The zero-order valence-corrected chi connectivity index (χ0v) is 12.6. The monoisotopic (exact) mass is 244 g/mol. The Morgan fingerprint density at radius 3 is 2.24 bits per heavy atom. The summed E-state index contributed by atoms with van der Waals surface area (Å²) in [6.45, 7) is 15.4. The van der Waals surface area contributed by atoms with Crippen LogP contribution in [0.15, 0.2) is 0 Å². The summed E-state index contributed by atoms with van der Waals surface area (Å²) in [4.78, 5) is 2.55. The predicted molar refractivity (Wildman–Crippen MR) is 75.5 cm³/mol. The van der Waals surface area contributed by atoms with E-state index in [1.807, 2.05) is 0 Å². The maximum atomic E-state index is 5.22. The molecule has 1 N–H and O–H groups in total. The molecule has 104 valence electrons. The van der Waals surface area contributed by atoms with Gasteiger partial charge in [0.15, 0.2) is 0 Å². The maximum Gasteiger partial charge on any atom is 0.0589 e. The number of hydrogen-bond donors (Lipinski definition) is 1. The van der Waals surface area contributed by atoms with E-state index in [9.17, 15) is 0 Å². The fourth-order valence-corrected chi connectivity index (χ4v) is 2.31. The van der Waals surface area contributed by atoms with Crippen molar-refractivity contribution in [2.75, 3.05) is 33.4 Å². The Balaban J connectivity index is 4.40. The van der Waals surface area contributed by atoms with E-state index in [4.69, 9.17) is 4.74 Å². The van der Waals surface area contributed by atoms with Gasteiger partial charge < -0.3 is 10.1 Å². The topological polar surface area (TPSA) is 24.5 Å². The lowest BCUT2D eigenvalue weighted by Crippen LogP contribution is -2.50. The van der Waals surface area contributed by atoms with Gasteiger partial charge in [0, 0.05) is 32.3 Å². The molecule has 0 aliphatic rings. The third kappa shape index (κ3) is 7.02. The molecule has 17 heavy (non-hydrogen) atoms. The van der Waals surface area contributed by atoms with Gasteiger partial charge in [-0.1, -0.05) is 27.7 Å². The molecule has 0 saturated carbocycles. The van der Waals surface area contributed by atoms with Crippen molar-refractivity contribution in [1.29, 1.82) is 0 Å². The first-order valence-electron chi connectivity index (χ1n) is 7.03. The zero-order valence-electron chi connectivity index (χ0n) is 12.6. The van der Waals surface area contributed by atoms with Crippen LogP contribution in [0.1, 0.15) is 41.0 Å². The van der Waals surface area contributed by atoms with Gasteiger partial charge in [-0.15, -0.1) is 0 Å². The number of likely N-dealkylation sites (N-methyl/N-ethyl adjacent to an activating group) is 1. The molecule has 0 amide bonds. The van der Waals surface area contributed by atoms with E-state index in [0.717, 1.165) is 26.2 Å². The fourth-order valence-electron chi connectivity index (χ4n) is 2.31. The first-order valence-corrected chi connectivity index (χ1v) is 7.03. The minimum atomic E-state index is 0.567. The third-order valence-electron chi connectivity index (χ3n) is 3.25. The standard InChI is InChI=1S/C14H32N2O/c1-7-14(15-8-2)13(5)16(9-10-17-6)11-12(3)4/h12-15H,7-11H2,1-6H3. The summed E-state index contributed by atoms with van der Waals surface area (Å²) in [6, 6.07) is 1.15. The second kappa shape index (κ2) is 9.86. The molecular weight excluding hydrogens is 212 g/mol. The van der Waals surface area contributed by atoms with Crippen molar-refractivity contribution in [3.63, 3.8) is 0 Å². The molecule has 0 aromatic carbocycles. The zero-order chi connectivity index (χ0) is 13.3. The summed E-state index contributed by atoms with van der Waals surface area (Å²) in [5, 5.41) is 3.58. The van der Waals surface area contributed by atoms with Crippen LogP contribution in [0.5, 0.6) is 0 Å². The number of methoxy groups -OCH3 is 1. The minimum absolute atomic E-state index is 0.567. The molecule has 0 bridgehead atoms. The smallest absolute Gasteiger partial charge is 0.0589 e. The van der Waals surface area contributed by atoms with Crippen molar-refractivity contribution in [1.82, 2.24) is 10.2 Å².